The van der Waals surface area contributed by atoms with Crippen LogP contribution in [0.5, 0.6) is 0 Å². The van der Waals surface area contributed by atoms with Crippen molar-refractivity contribution in [1.82, 2.24) is 15.3 Å². The Bertz CT molecular complexity index is 457. The zero-order valence-electron chi connectivity index (χ0n) is 9.99. The van der Waals surface area contributed by atoms with Gasteiger partial charge in [-0.1, -0.05) is 11.6 Å². The van der Waals surface area contributed by atoms with Crippen LogP contribution < -0.4 is 10.2 Å². The van der Waals surface area contributed by atoms with Gasteiger partial charge in [-0.3, -0.25) is 4.79 Å². The van der Waals surface area contributed by atoms with Crippen LogP contribution in [0, 0.1) is 5.92 Å². The van der Waals surface area contributed by atoms with Crippen LogP contribution >= 0.6 is 27.5 Å². The van der Waals surface area contributed by atoms with E-state index in [2.05, 4.69) is 36.1 Å². The van der Waals surface area contributed by atoms with E-state index in [1.165, 1.54) is 6.33 Å². The molecule has 2 rings (SSSR count). The van der Waals surface area contributed by atoms with E-state index < -0.39 is 0 Å². The zero-order chi connectivity index (χ0) is 13.1. The van der Waals surface area contributed by atoms with Gasteiger partial charge in [0, 0.05) is 20.1 Å². The largest absolute Gasteiger partial charge is 0.359 e. The second-order valence-corrected chi connectivity index (χ2v) is 5.35. The van der Waals surface area contributed by atoms with Crippen molar-refractivity contribution in [2.45, 2.75) is 12.8 Å². The predicted molar refractivity (Wildman–Crippen MR) is 73.7 cm³/mol. The second-order valence-electron chi connectivity index (χ2n) is 4.20. The fraction of sp³-hybridized carbons (Fsp3) is 0.545. The van der Waals surface area contributed by atoms with Crippen molar-refractivity contribution in [3.8, 4) is 0 Å². The summed E-state index contributed by atoms with van der Waals surface area (Å²) in [5, 5.41) is 3.09. The first-order valence-electron chi connectivity index (χ1n) is 5.76. The number of hydrogen-bond donors (Lipinski definition) is 1. The van der Waals surface area contributed by atoms with Crippen molar-refractivity contribution in [1.29, 1.82) is 0 Å². The maximum atomic E-state index is 11.7. The predicted octanol–water partition coefficient (Wildman–Crippen LogP) is 1.85. The molecule has 1 saturated heterocycles. The monoisotopic (exact) mass is 332 g/mol. The number of hydrogen-bond acceptors (Lipinski definition) is 4. The molecule has 1 N–H and O–H groups in total. The Kier molecular flexibility index (Phi) is 4.40. The van der Waals surface area contributed by atoms with Crippen molar-refractivity contribution in [3.05, 3.63) is 16.0 Å². The maximum absolute atomic E-state index is 11.7. The summed E-state index contributed by atoms with van der Waals surface area (Å²) in [4.78, 5) is 21.9. The van der Waals surface area contributed by atoms with Crippen LogP contribution in [0.15, 0.2) is 10.8 Å². The van der Waals surface area contributed by atoms with Gasteiger partial charge >= 0.3 is 0 Å². The highest BCUT2D eigenvalue weighted by atomic mass is 79.9. The molecule has 18 heavy (non-hydrogen) atoms. The van der Waals surface area contributed by atoms with Crippen LogP contribution in [-0.4, -0.2) is 36.0 Å². The molecule has 2 heterocycles. The van der Waals surface area contributed by atoms with Crippen LogP contribution in [0.2, 0.25) is 5.15 Å². The number of piperidine rings is 1. The SMILES string of the molecule is CNC(=O)C1CCCN(c2ncnc(Cl)c2Br)C1. The summed E-state index contributed by atoms with van der Waals surface area (Å²) in [5.41, 5.74) is 0. The third-order valence-electron chi connectivity index (χ3n) is 3.07. The van der Waals surface area contributed by atoms with Gasteiger partial charge in [0.15, 0.2) is 0 Å². The van der Waals surface area contributed by atoms with Crippen LogP contribution in [0.25, 0.3) is 0 Å². The summed E-state index contributed by atoms with van der Waals surface area (Å²) < 4.78 is 0.684. The highest BCUT2D eigenvalue weighted by Gasteiger charge is 2.27. The quantitative estimate of drug-likeness (QED) is 0.839. The number of halogens is 2. The van der Waals surface area contributed by atoms with E-state index in [-0.39, 0.29) is 11.8 Å². The van der Waals surface area contributed by atoms with Gasteiger partial charge in [0.25, 0.3) is 0 Å². The van der Waals surface area contributed by atoms with Gasteiger partial charge in [0.05, 0.1) is 10.4 Å². The molecule has 0 saturated carbocycles. The van der Waals surface area contributed by atoms with Crippen LogP contribution in [0.3, 0.4) is 0 Å². The summed E-state index contributed by atoms with van der Waals surface area (Å²) >= 11 is 9.35. The molecule has 1 aliphatic heterocycles. The molecule has 5 nitrogen and oxygen atoms in total. The lowest BCUT2D eigenvalue weighted by Crippen LogP contribution is -2.42. The standard InChI is InChI=1S/C11H14BrClN4O/c1-14-11(18)7-3-2-4-17(5-7)10-8(12)9(13)15-6-16-10/h6-7H,2-5H2,1H3,(H,14,18). The molecule has 1 aromatic heterocycles. The van der Waals surface area contributed by atoms with Crippen LogP contribution in [-0.2, 0) is 4.79 Å². The van der Waals surface area contributed by atoms with Gasteiger partial charge < -0.3 is 10.2 Å². The Balaban J connectivity index is 2.18. The van der Waals surface area contributed by atoms with Crippen molar-refractivity contribution in [3.63, 3.8) is 0 Å². The zero-order valence-corrected chi connectivity index (χ0v) is 12.3. The van der Waals surface area contributed by atoms with Crippen LogP contribution in [0.4, 0.5) is 5.82 Å². The molecule has 1 fully saturated rings. The Labute approximate surface area is 119 Å². The molecular weight excluding hydrogens is 320 g/mol. The van der Waals surface area contributed by atoms with E-state index in [4.69, 9.17) is 11.6 Å². The molecule has 1 atom stereocenters. The normalized spacial score (nSPS) is 19.7. The van der Waals surface area contributed by atoms with E-state index >= 15 is 0 Å². The number of carbonyl (C=O) groups is 1. The number of nitrogens with zero attached hydrogens (tertiary/aromatic N) is 3. The lowest BCUT2D eigenvalue weighted by molar-refractivity contribution is -0.124. The summed E-state index contributed by atoms with van der Waals surface area (Å²) in [7, 11) is 1.67. The average Bonchev–Trinajstić information content (AvgIpc) is 2.41. The van der Waals surface area contributed by atoms with Crippen molar-refractivity contribution < 1.29 is 4.79 Å². The first-order chi connectivity index (χ1) is 8.63. The minimum atomic E-state index is 0.00407. The molecule has 7 heteroatoms. The lowest BCUT2D eigenvalue weighted by Gasteiger charge is -2.33. The molecule has 0 bridgehead atoms. The fourth-order valence-electron chi connectivity index (χ4n) is 2.15. The lowest BCUT2D eigenvalue weighted by atomic mass is 9.97. The van der Waals surface area contributed by atoms with Gasteiger partial charge in [-0.25, -0.2) is 9.97 Å². The highest BCUT2D eigenvalue weighted by molar-refractivity contribution is 9.10. The number of amides is 1. The molecule has 1 aromatic rings. The molecule has 0 aromatic carbocycles. The fourth-order valence-corrected chi connectivity index (χ4v) is 2.73. The highest BCUT2D eigenvalue weighted by Crippen LogP contribution is 2.31. The van der Waals surface area contributed by atoms with Gasteiger partial charge in [-0.2, -0.15) is 0 Å². The second kappa shape index (κ2) is 5.84. The minimum Gasteiger partial charge on any atom is -0.359 e. The van der Waals surface area contributed by atoms with Gasteiger partial charge in [0.2, 0.25) is 5.91 Å². The number of aromatic nitrogens is 2. The van der Waals surface area contributed by atoms with E-state index in [0.717, 1.165) is 25.2 Å². The first-order valence-corrected chi connectivity index (χ1v) is 6.93. The topological polar surface area (TPSA) is 58.1 Å². The third kappa shape index (κ3) is 2.75. The van der Waals surface area contributed by atoms with Crippen molar-refractivity contribution in [2.24, 2.45) is 5.92 Å². The molecule has 0 spiro atoms. The average molecular weight is 334 g/mol. The Morgan fingerprint density at radius 1 is 1.61 bits per heavy atom. The maximum Gasteiger partial charge on any atom is 0.224 e. The molecule has 0 aliphatic carbocycles. The summed E-state index contributed by atoms with van der Waals surface area (Å²) in [6, 6.07) is 0. The Hall–Kier alpha value is -0.880. The number of carbonyl (C=O) groups excluding carboxylic acids is 1. The molecule has 98 valence electrons. The molecule has 0 radical (unpaired) electrons. The Morgan fingerprint density at radius 3 is 3.11 bits per heavy atom. The Morgan fingerprint density at radius 2 is 2.39 bits per heavy atom. The summed E-state index contributed by atoms with van der Waals surface area (Å²) in [5.74, 6) is 0.837. The number of anilines is 1. The van der Waals surface area contributed by atoms with E-state index in [1.54, 1.807) is 7.05 Å². The van der Waals surface area contributed by atoms with E-state index in [9.17, 15) is 4.79 Å². The third-order valence-corrected chi connectivity index (χ3v) is 4.31. The van der Waals surface area contributed by atoms with Gasteiger partial charge in [-0.05, 0) is 28.8 Å². The summed E-state index contributed by atoms with van der Waals surface area (Å²) in [6.45, 7) is 1.53. The smallest absolute Gasteiger partial charge is 0.224 e. The van der Waals surface area contributed by atoms with Crippen molar-refractivity contribution >= 4 is 39.3 Å². The first kappa shape index (κ1) is 13.5. The van der Waals surface area contributed by atoms with E-state index in [1.807, 2.05) is 0 Å². The molecular formula is C11H14BrClN4O. The number of nitrogens with one attached hydrogen (secondary N) is 1. The summed E-state index contributed by atoms with van der Waals surface area (Å²) in [6.07, 6.45) is 3.31. The van der Waals surface area contributed by atoms with E-state index in [0.29, 0.717) is 16.2 Å². The molecule has 1 aliphatic rings. The minimum absolute atomic E-state index is 0.00407. The van der Waals surface area contributed by atoms with Crippen molar-refractivity contribution in [2.75, 3.05) is 25.0 Å². The molecule has 1 unspecified atom stereocenters. The van der Waals surface area contributed by atoms with Crippen LogP contribution in [0.1, 0.15) is 12.8 Å². The van der Waals surface area contributed by atoms with Gasteiger partial charge in [-0.15, -0.1) is 0 Å². The number of rotatable bonds is 2. The van der Waals surface area contributed by atoms with Gasteiger partial charge in [0.1, 0.15) is 17.3 Å². The molecule has 1 amide bonds.